The fourth-order valence-corrected chi connectivity index (χ4v) is 4.07. The molecule has 0 saturated carbocycles. The molecule has 2 heterocycles. The Hall–Kier alpha value is -1.46. The van der Waals surface area contributed by atoms with Crippen LogP contribution in [-0.2, 0) is 30.3 Å². The number of piperazine rings is 1. The number of halogens is 1. The van der Waals surface area contributed by atoms with Crippen LogP contribution in [0.5, 0.6) is 5.75 Å². The van der Waals surface area contributed by atoms with Crippen molar-refractivity contribution >= 4 is 33.8 Å². The zero-order valence-corrected chi connectivity index (χ0v) is 17.6. The molecule has 1 aromatic carbocycles. The van der Waals surface area contributed by atoms with Crippen LogP contribution in [0.1, 0.15) is 5.82 Å². The summed E-state index contributed by atoms with van der Waals surface area (Å²) in [6.07, 6.45) is 1.24. The number of rotatable bonds is 6. The van der Waals surface area contributed by atoms with Crippen molar-refractivity contribution in [2.24, 2.45) is 7.05 Å². The lowest BCUT2D eigenvalue weighted by atomic mass is 10.3. The van der Waals surface area contributed by atoms with Crippen LogP contribution < -0.4 is 4.74 Å². The molecule has 0 aliphatic carbocycles. The summed E-state index contributed by atoms with van der Waals surface area (Å²) in [5.41, 5.74) is 0. The molecule has 0 spiro atoms. The quantitative estimate of drug-likeness (QED) is 0.648. The van der Waals surface area contributed by atoms with Gasteiger partial charge in [0, 0.05) is 33.2 Å². The van der Waals surface area contributed by atoms with E-state index in [9.17, 15) is 8.42 Å². The third-order valence-corrected chi connectivity index (χ3v) is 6.56. The van der Waals surface area contributed by atoms with E-state index in [4.69, 9.17) is 28.6 Å². The largest absolute Gasteiger partial charge is 0.484 e. The molecule has 0 radical (unpaired) electrons. The maximum Gasteiger partial charge on any atom is 0.211 e. The molecule has 8 nitrogen and oxygen atoms in total. The van der Waals surface area contributed by atoms with Gasteiger partial charge in [0.15, 0.2) is 10.6 Å². The van der Waals surface area contributed by atoms with Crippen molar-refractivity contribution in [1.82, 2.24) is 23.6 Å². The van der Waals surface area contributed by atoms with Crippen molar-refractivity contribution < 1.29 is 13.2 Å². The second-order valence-electron chi connectivity index (χ2n) is 6.40. The van der Waals surface area contributed by atoms with Crippen LogP contribution in [0.3, 0.4) is 0 Å². The van der Waals surface area contributed by atoms with E-state index in [1.807, 2.05) is 19.2 Å². The summed E-state index contributed by atoms with van der Waals surface area (Å²) in [4.78, 5) is 2.13. The summed E-state index contributed by atoms with van der Waals surface area (Å²) in [6, 6.07) is 7.27. The van der Waals surface area contributed by atoms with Crippen molar-refractivity contribution in [3.8, 4) is 5.75 Å². The van der Waals surface area contributed by atoms with Gasteiger partial charge in [-0.15, -0.1) is 0 Å². The standard InChI is InChI=1S/C16H22ClN5O3S2/c1-19-15(11-25-14-6-4-3-5-13(14)17)18-22(16(19)26)12-20-7-9-21(10-8-20)27(2,23)24/h3-6H,7-12H2,1-2H3. The van der Waals surface area contributed by atoms with Gasteiger partial charge in [-0.2, -0.15) is 9.40 Å². The van der Waals surface area contributed by atoms with Crippen molar-refractivity contribution in [3.05, 3.63) is 39.9 Å². The van der Waals surface area contributed by atoms with Crippen LogP contribution >= 0.6 is 23.8 Å². The summed E-state index contributed by atoms with van der Waals surface area (Å²) < 4.78 is 34.6. The molecule has 1 fully saturated rings. The highest BCUT2D eigenvalue weighted by molar-refractivity contribution is 7.88. The monoisotopic (exact) mass is 431 g/mol. The lowest BCUT2D eigenvalue weighted by molar-refractivity contribution is 0.144. The van der Waals surface area contributed by atoms with E-state index in [-0.39, 0.29) is 6.61 Å². The highest BCUT2D eigenvalue weighted by atomic mass is 35.5. The Morgan fingerprint density at radius 1 is 1.22 bits per heavy atom. The molecule has 0 bridgehead atoms. The van der Waals surface area contributed by atoms with Gasteiger partial charge in [-0.05, 0) is 24.4 Å². The first-order valence-corrected chi connectivity index (χ1v) is 11.1. The number of aromatic nitrogens is 3. The van der Waals surface area contributed by atoms with Gasteiger partial charge in [0.05, 0.1) is 17.9 Å². The van der Waals surface area contributed by atoms with Crippen molar-refractivity contribution in [1.29, 1.82) is 0 Å². The molecule has 0 atom stereocenters. The Morgan fingerprint density at radius 3 is 2.52 bits per heavy atom. The first kappa shape index (κ1) is 20.3. The minimum atomic E-state index is -3.14. The molecule has 0 unspecified atom stereocenters. The second-order valence-corrected chi connectivity index (χ2v) is 9.15. The first-order valence-electron chi connectivity index (χ1n) is 8.43. The summed E-state index contributed by atoms with van der Waals surface area (Å²) in [7, 11) is -1.29. The molecule has 27 heavy (non-hydrogen) atoms. The molecule has 0 N–H and O–H groups in total. The molecule has 2 aromatic rings. The topological polar surface area (TPSA) is 72.6 Å². The van der Waals surface area contributed by atoms with Crippen LogP contribution in [0, 0.1) is 4.77 Å². The summed E-state index contributed by atoms with van der Waals surface area (Å²) in [6.45, 7) is 2.98. The van der Waals surface area contributed by atoms with Gasteiger partial charge < -0.3 is 9.30 Å². The Bertz CT molecular complexity index is 965. The third kappa shape index (κ3) is 4.88. The fraction of sp³-hybridized carbons (Fsp3) is 0.500. The van der Waals surface area contributed by atoms with Gasteiger partial charge >= 0.3 is 0 Å². The van der Waals surface area contributed by atoms with E-state index in [0.717, 1.165) is 0 Å². The summed E-state index contributed by atoms with van der Waals surface area (Å²) in [5.74, 6) is 1.28. The van der Waals surface area contributed by atoms with E-state index in [2.05, 4.69) is 10.00 Å². The van der Waals surface area contributed by atoms with Gasteiger partial charge in [-0.1, -0.05) is 23.7 Å². The minimum Gasteiger partial charge on any atom is -0.484 e. The molecular formula is C16H22ClN5O3S2. The highest BCUT2D eigenvalue weighted by Crippen LogP contribution is 2.23. The van der Waals surface area contributed by atoms with E-state index < -0.39 is 10.0 Å². The average molecular weight is 432 g/mol. The molecule has 11 heteroatoms. The van der Waals surface area contributed by atoms with Gasteiger partial charge in [0.2, 0.25) is 10.0 Å². The Kier molecular flexibility index (Phi) is 6.21. The predicted molar refractivity (Wildman–Crippen MR) is 106 cm³/mol. The van der Waals surface area contributed by atoms with E-state index in [1.54, 1.807) is 21.4 Å². The summed E-state index contributed by atoms with van der Waals surface area (Å²) >= 11 is 11.6. The molecule has 1 aliphatic rings. The Morgan fingerprint density at radius 2 is 1.89 bits per heavy atom. The Labute approximate surface area is 168 Å². The van der Waals surface area contributed by atoms with Crippen molar-refractivity contribution in [2.75, 3.05) is 32.4 Å². The lowest BCUT2D eigenvalue weighted by Gasteiger charge is -2.32. The molecular weight excluding hydrogens is 410 g/mol. The number of nitrogens with zero attached hydrogens (tertiary/aromatic N) is 5. The summed E-state index contributed by atoms with van der Waals surface area (Å²) in [5, 5.41) is 5.09. The van der Waals surface area contributed by atoms with Gasteiger partial charge in [0.1, 0.15) is 12.4 Å². The fourth-order valence-electron chi connectivity index (χ4n) is 2.85. The smallest absolute Gasteiger partial charge is 0.211 e. The van der Waals surface area contributed by atoms with Crippen molar-refractivity contribution in [2.45, 2.75) is 13.3 Å². The molecule has 1 aliphatic heterocycles. The lowest BCUT2D eigenvalue weighted by Crippen LogP contribution is -2.48. The third-order valence-electron chi connectivity index (χ3n) is 4.46. The van der Waals surface area contributed by atoms with Crippen LogP contribution in [-0.4, -0.2) is 64.4 Å². The van der Waals surface area contributed by atoms with Crippen molar-refractivity contribution in [3.63, 3.8) is 0 Å². The average Bonchev–Trinajstić information content (AvgIpc) is 2.89. The SMILES string of the molecule is Cn1c(COc2ccccc2Cl)nn(CN2CCN(S(C)(=O)=O)CC2)c1=S. The number of hydrogen-bond donors (Lipinski definition) is 0. The minimum absolute atomic E-state index is 0.249. The van der Waals surface area contributed by atoms with Gasteiger partial charge in [0.25, 0.3) is 0 Å². The van der Waals surface area contributed by atoms with Crippen LogP contribution in [0.2, 0.25) is 5.02 Å². The molecule has 3 rings (SSSR count). The van der Waals surface area contributed by atoms with E-state index >= 15 is 0 Å². The highest BCUT2D eigenvalue weighted by Gasteiger charge is 2.24. The molecule has 148 valence electrons. The number of para-hydroxylation sites is 1. The van der Waals surface area contributed by atoms with E-state index in [1.165, 1.54) is 10.6 Å². The van der Waals surface area contributed by atoms with Crippen LogP contribution in [0.15, 0.2) is 24.3 Å². The number of benzene rings is 1. The zero-order chi connectivity index (χ0) is 19.6. The van der Waals surface area contributed by atoms with Crippen LogP contribution in [0.25, 0.3) is 0 Å². The normalized spacial score (nSPS) is 16.6. The van der Waals surface area contributed by atoms with E-state index in [0.29, 0.717) is 54.2 Å². The number of hydrogen-bond acceptors (Lipinski definition) is 6. The molecule has 1 saturated heterocycles. The maximum absolute atomic E-state index is 11.6. The van der Waals surface area contributed by atoms with Gasteiger partial charge in [-0.25, -0.2) is 13.1 Å². The zero-order valence-electron chi connectivity index (χ0n) is 15.2. The number of sulfonamides is 1. The number of ether oxygens (including phenoxy) is 1. The van der Waals surface area contributed by atoms with Gasteiger partial charge in [-0.3, -0.25) is 4.90 Å². The molecule has 0 amide bonds. The maximum atomic E-state index is 11.6. The first-order chi connectivity index (χ1) is 12.8. The Balaban J connectivity index is 1.64. The second kappa shape index (κ2) is 8.27. The molecule has 1 aromatic heterocycles. The predicted octanol–water partition coefficient (Wildman–Crippen LogP) is 1.72. The van der Waals surface area contributed by atoms with Crippen LogP contribution in [0.4, 0.5) is 0 Å².